The van der Waals surface area contributed by atoms with E-state index in [4.69, 9.17) is 0 Å². The van der Waals surface area contributed by atoms with E-state index < -0.39 is 14.6 Å². The molecule has 0 amide bonds. The highest BCUT2D eigenvalue weighted by Gasteiger charge is 2.30. The SMILES string of the molecule is Cc1cn(CC(C)C)c(NCC(C)(C)S(C)(=O)=O)n1. The highest BCUT2D eigenvalue weighted by molar-refractivity contribution is 7.92. The number of rotatable bonds is 6. The number of imidazole rings is 1. The molecule has 0 aliphatic rings. The Kier molecular flexibility index (Phi) is 4.66. The monoisotopic (exact) mass is 287 g/mol. The minimum Gasteiger partial charge on any atom is -0.354 e. The summed E-state index contributed by atoms with van der Waals surface area (Å²) in [7, 11) is -3.10. The Morgan fingerprint density at radius 1 is 1.42 bits per heavy atom. The molecule has 1 N–H and O–H groups in total. The molecular formula is C13H25N3O2S. The zero-order valence-electron chi connectivity index (χ0n) is 12.7. The Morgan fingerprint density at radius 2 is 2.00 bits per heavy atom. The van der Waals surface area contributed by atoms with E-state index in [1.807, 2.05) is 17.7 Å². The van der Waals surface area contributed by atoms with Crippen LogP contribution in [0.2, 0.25) is 0 Å². The van der Waals surface area contributed by atoms with Crippen LogP contribution in [0.3, 0.4) is 0 Å². The van der Waals surface area contributed by atoms with Crippen molar-refractivity contribution in [2.45, 2.75) is 45.9 Å². The molecule has 0 spiro atoms. The molecule has 5 nitrogen and oxygen atoms in total. The molecule has 0 bridgehead atoms. The van der Waals surface area contributed by atoms with Crippen LogP contribution in [0.15, 0.2) is 6.20 Å². The van der Waals surface area contributed by atoms with Gasteiger partial charge in [-0.05, 0) is 26.7 Å². The van der Waals surface area contributed by atoms with E-state index in [-0.39, 0.29) is 0 Å². The predicted octanol–water partition coefficient (Wildman–Crippen LogP) is 2.08. The van der Waals surface area contributed by atoms with E-state index in [1.54, 1.807) is 13.8 Å². The van der Waals surface area contributed by atoms with E-state index in [0.29, 0.717) is 12.5 Å². The molecule has 0 aliphatic heterocycles. The first-order valence-corrected chi connectivity index (χ1v) is 8.39. The average molecular weight is 287 g/mol. The summed E-state index contributed by atoms with van der Waals surface area (Å²) in [5.74, 6) is 1.25. The van der Waals surface area contributed by atoms with Gasteiger partial charge in [-0.3, -0.25) is 0 Å². The average Bonchev–Trinajstić information content (AvgIpc) is 2.53. The molecule has 0 saturated carbocycles. The molecule has 1 heterocycles. The van der Waals surface area contributed by atoms with Gasteiger partial charge in [-0.1, -0.05) is 13.8 Å². The molecule has 0 fully saturated rings. The highest BCUT2D eigenvalue weighted by atomic mass is 32.2. The van der Waals surface area contributed by atoms with Crippen molar-refractivity contribution in [1.29, 1.82) is 0 Å². The molecule has 0 saturated heterocycles. The van der Waals surface area contributed by atoms with E-state index in [0.717, 1.165) is 18.2 Å². The van der Waals surface area contributed by atoms with Crippen molar-refractivity contribution in [1.82, 2.24) is 9.55 Å². The third kappa shape index (κ3) is 4.23. The Labute approximate surface area is 116 Å². The van der Waals surface area contributed by atoms with Crippen LogP contribution < -0.4 is 5.32 Å². The molecule has 0 unspecified atom stereocenters. The number of nitrogens with one attached hydrogen (secondary N) is 1. The van der Waals surface area contributed by atoms with Gasteiger partial charge in [0.05, 0.1) is 10.4 Å². The predicted molar refractivity (Wildman–Crippen MR) is 79.2 cm³/mol. The number of hydrogen-bond donors (Lipinski definition) is 1. The Balaban J connectivity index is 2.84. The maximum atomic E-state index is 11.7. The topological polar surface area (TPSA) is 64.0 Å². The van der Waals surface area contributed by atoms with Gasteiger partial charge in [0.2, 0.25) is 5.95 Å². The Morgan fingerprint density at radius 3 is 2.47 bits per heavy atom. The second-order valence-electron chi connectivity index (χ2n) is 6.14. The third-order valence-corrected chi connectivity index (χ3v) is 5.29. The fourth-order valence-corrected chi connectivity index (χ4v) is 1.98. The summed E-state index contributed by atoms with van der Waals surface area (Å²) in [6.45, 7) is 10.9. The molecule has 1 rings (SSSR count). The number of aryl methyl sites for hydroxylation is 1. The first-order chi connectivity index (χ1) is 8.53. The Bertz CT molecular complexity index is 530. The largest absolute Gasteiger partial charge is 0.354 e. The lowest BCUT2D eigenvalue weighted by Crippen LogP contribution is -2.38. The summed E-state index contributed by atoms with van der Waals surface area (Å²) >= 11 is 0. The lowest BCUT2D eigenvalue weighted by molar-refractivity contribution is 0.523. The van der Waals surface area contributed by atoms with Crippen molar-refractivity contribution < 1.29 is 8.42 Å². The van der Waals surface area contributed by atoms with Crippen LogP contribution in [0.1, 0.15) is 33.4 Å². The van der Waals surface area contributed by atoms with Crippen LogP contribution in [-0.2, 0) is 16.4 Å². The van der Waals surface area contributed by atoms with Crippen LogP contribution in [0.5, 0.6) is 0 Å². The lowest BCUT2D eigenvalue weighted by Gasteiger charge is -2.23. The molecule has 1 aromatic heterocycles. The second kappa shape index (κ2) is 5.53. The van der Waals surface area contributed by atoms with Crippen LogP contribution in [0, 0.1) is 12.8 Å². The van der Waals surface area contributed by atoms with Gasteiger partial charge in [0, 0.05) is 25.5 Å². The zero-order valence-corrected chi connectivity index (χ0v) is 13.5. The van der Waals surface area contributed by atoms with Gasteiger partial charge < -0.3 is 9.88 Å². The minimum absolute atomic E-state index is 0.348. The summed E-state index contributed by atoms with van der Waals surface area (Å²) in [6.07, 6.45) is 3.25. The molecule has 6 heteroatoms. The quantitative estimate of drug-likeness (QED) is 0.870. The summed E-state index contributed by atoms with van der Waals surface area (Å²) in [5.41, 5.74) is 0.931. The number of nitrogens with zero attached hydrogens (tertiary/aromatic N) is 2. The van der Waals surface area contributed by atoms with Gasteiger partial charge in [0.25, 0.3) is 0 Å². The lowest BCUT2D eigenvalue weighted by atomic mass is 10.2. The Hall–Kier alpha value is -1.04. The van der Waals surface area contributed by atoms with Crippen molar-refractivity contribution in [2.24, 2.45) is 5.92 Å². The van der Waals surface area contributed by atoms with Gasteiger partial charge in [-0.15, -0.1) is 0 Å². The highest BCUT2D eigenvalue weighted by Crippen LogP contribution is 2.17. The second-order valence-corrected chi connectivity index (χ2v) is 8.79. The number of aromatic nitrogens is 2. The van der Waals surface area contributed by atoms with Crippen molar-refractivity contribution >= 4 is 15.8 Å². The van der Waals surface area contributed by atoms with Crippen molar-refractivity contribution in [3.63, 3.8) is 0 Å². The van der Waals surface area contributed by atoms with Crippen molar-refractivity contribution in [2.75, 3.05) is 18.1 Å². The maximum Gasteiger partial charge on any atom is 0.203 e. The molecule has 0 radical (unpaired) electrons. The summed E-state index contributed by atoms with van der Waals surface area (Å²) in [5, 5.41) is 3.16. The third-order valence-electron chi connectivity index (χ3n) is 3.13. The maximum absolute atomic E-state index is 11.7. The molecule has 0 atom stereocenters. The number of hydrogen-bond acceptors (Lipinski definition) is 4. The smallest absolute Gasteiger partial charge is 0.203 e. The molecule has 1 aromatic rings. The molecule has 19 heavy (non-hydrogen) atoms. The summed E-state index contributed by atoms with van der Waals surface area (Å²) in [4.78, 5) is 4.41. The summed E-state index contributed by atoms with van der Waals surface area (Å²) in [6, 6.07) is 0. The van der Waals surface area contributed by atoms with E-state index in [9.17, 15) is 8.42 Å². The van der Waals surface area contributed by atoms with Gasteiger partial charge in [0.1, 0.15) is 0 Å². The molecule has 0 aromatic carbocycles. The van der Waals surface area contributed by atoms with E-state index in [2.05, 4.69) is 24.1 Å². The van der Waals surface area contributed by atoms with Gasteiger partial charge in [0.15, 0.2) is 9.84 Å². The summed E-state index contributed by atoms with van der Waals surface area (Å²) < 4.78 is 24.6. The minimum atomic E-state index is -3.10. The van der Waals surface area contributed by atoms with Crippen LogP contribution in [0.25, 0.3) is 0 Å². The van der Waals surface area contributed by atoms with Gasteiger partial charge >= 0.3 is 0 Å². The molecular weight excluding hydrogens is 262 g/mol. The molecule has 110 valence electrons. The van der Waals surface area contributed by atoms with Crippen molar-refractivity contribution in [3.8, 4) is 0 Å². The number of sulfone groups is 1. The van der Waals surface area contributed by atoms with Crippen molar-refractivity contribution in [3.05, 3.63) is 11.9 Å². The first kappa shape index (κ1) is 16.0. The zero-order chi connectivity index (χ0) is 14.8. The number of anilines is 1. The van der Waals surface area contributed by atoms with E-state index in [1.165, 1.54) is 6.26 Å². The fraction of sp³-hybridized carbons (Fsp3) is 0.769. The van der Waals surface area contributed by atoms with E-state index >= 15 is 0 Å². The molecule has 0 aliphatic carbocycles. The van der Waals surface area contributed by atoms with Crippen LogP contribution in [-0.4, -0.2) is 35.5 Å². The van der Waals surface area contributed by atoms with Crippen LogP contribution in [0.4, 0.5) is 5.95 Å². The van der Waals surface area contributed by atoms with Crippen LogP contribution >= 0.6 is 0 Å². The van der Waals surface area contributed by atoms with Gasteiger partial charge in [-0.25, -0.2) is 13.4 Å². The standard InChI is InChI=1S/C13H25N3O2S/c1-10(2)7-16-8-11(3)15-12(16)14-9-13(4,5)19(6,17)18/h8,10H,7,9H2,1-6H3,(H,14,15). The van der Waals surface area contributed by atoms with Gasteiger partial charge in [-0.2, -0.15) is 0 Å². The normalized spacial score (nSPS) is 13.0. The first-order valence-electron chi connectivity index (χ1n) is 6.50. The fourth-order valence-electron chi connectivity index (χ4n) is 1.64.